The Labute approximate surface area is 144 Å². The normalized spacial score (nSPS) is 19.1. The Morgan fingerprint density at radius 1 is 1.12 bits per heavy atom. The van der Waals surface area contributed by atoms with Gasteiger partial charge in [-0.25, -0.2) is 13.6 Å². The average Bonchev–Trinajstić information content (AvgIpc) is 2.92. The van der Waals surface area contributed by atoms with Crippen molar-refractivity contribution in [3.63, 3.8) is 0 Å². The van der Waals surface area contributed by atoms with Gasteiger partial charge in [0.05, 0.1) is 6.54 Å². The molecular formula is C18H22F2N4O. The largest absolute Gasteiger partial charge is 0.350 e. The van der Waals surface area contributed by atoms with Gasteiger partial charge >= 0.3 is 5.69 Å². The molecule has 134 valence electrons. The molecule has 1 aliphatic heterocycles. The fourth-order valence-electron chi connectivity index (χ4n) is 4.00. The van der Waals surface area contributed by atoms with E-state index in [2.05, 4.69) is 10.00 Å². The molecule has 1 aromatic heterocycles. The van der Waals surface area contributed by atoms with E-state index in [-0.39, 0.29) is 11.4 Å². The summed E-state index contributed by atoms with van der Waals surface area (Å²) in [5, 5.41) is 4.32. The molecule has 0 N–H and O–H groups in total. The van der Waals surface area contributed by atoms with Gasteiger partial charge in [0.1, 0.15) is 17.3 Å². The highest BCUT2D eigenvalue weighted by Crippen LogP contribution is 2.25. The number of nitrogens with zero attached hydrogens (tertiary/aromatic N) is 4. The topological polar surface area (TPSA) is 43.1 Å². The van der Waals surface area contributed by atoms with Crippen molar-refractivity contribution < 1.29 is 8.78 Å². The minimum atomic E-state index is -0.781. The Hall–Kier alpha value is -2.02. The summed E-state index contributed by atoms with van der Waals surface area (Å²) in [4.78, 5) is 14.9. The Balaban J connectivity index is 1.56. The highest BCUT2D eigenvalue weighted by molar-refractivity contribution is 5.32. The third-order valence-electron chi connectivity index (χ3n) is 5.32. The van der Waals surface area contributed by atoms with Gasteiger partial charge in [0.2, 0.25) is 0 Å². The van der Waals surface area contributed by atoms with Crippen LogP contribution in [-0.4, -0.2) is 32.3 Å². The van der Waals surface area contributed by atoms with Crippen LogP contribution in [0.4, 0.5) is 8.78 Å². The van der Waals surface area contributed by atoms with Gasteiger partial charge < -0.3 is 0 Å². The van der Waals surface area contributed by atoms with Gasteiger partial charge in [0, 0.05) is 25.7 Å². The van der Waals surface area contributed by atoms with Gasteiger partial charge in [-0.15, -0.1) is 5.10 Å². The number of aromatic nitrogens is 3. The first-order chi connectivity index (χ1) is 12.1. The van der Waals surface area contributed by atoms with Gasteiger partial charge in [-0.3, -0.25) is 9.47 Å². The predicted octanol–water partition coefficient (Wildman–Crippen LogP) is 2.71. The van der Waals surface area contributed by atoms with Crippen LogP contribution in [0.3, 0.4) is 0 Å². The first-order valence-electron chi connectivity index (χ1n) is 8.98. The highest BCUT2D eigenvalue weighted by Gasteiger charge is 2.25. The molecule has 0 unspecified atom stereocenters. The van der Waals surface area contributed by atoms with Crippen LogP contribution in [0, 0.1) is 17.6 Å². The van der Waals surface area contributed by atoms with E-state index < -0.39 is 11.6 Å². The van der Waals surface area contributed by atoms with Crippen molar-refractivity contribution in [2.75, 3.05) is 13.1 Å². The summed E-state index contributed by atoms with van der Waals surface area (Å²) in [7, 11) is 0. The lowest BCUT2D eigenvalue weighted by molar-refractivity contribution is 0.164. The van der Waals surface area contributed by atoms with Gasteiger partial charge in [-0.05, 0) is 30.9 Å². The lowest BCUT2D eigenvalue weighted by Gasteiger charge is -2.31. The number of hydrogen-bond donors (Lipinski definition) is 0. The quantitative estimate of drug-likeness (QED) is 0.857. The number of fused-ring (bicyclic) bond motifs is 1. The zero-order valence-corrected chi connectivity index (χ0v) is 14.1. The summed E-state index contributed by atoms with van der Waals surface area (Å²) < 4.78 is 29.8. The van der Waals surface area contributed by atoms with E-state index in [0.717, 1.165) is 35.8 Å². The van der Waals surface area contributed by atoms with Crippen LogP contribution in [0.2, 0.25) is 0 Å². The molecule has 1 aliphatic carbocycles. The van der Waals surface area contributed by atoms with Crippen LogP contribution in [-0.2, 0) is 13.1 Å². The zero-order valence-electron chi connectivity index (χ0n) is 14.1. The Bertz CT molecular complexity index is 823. The zero-order chi connectivity index (χ0) is 17.4. The molecule has 2 aliphatic rings. The summed E-state index contributed by atoms with van der Waals surface area (Å²) in [6, 6.07) is 3.17. The molecule has 0 amide bonds. The van der Waals surface area contributed by atoms with Crippen LogP contribution in [0.15, 0.2) is 23.0 Å². The van der Waals surface area contributed by atoms with Crippen molar-refractivity contribution in [2.45, 2.75) is 45.2 Å². The number of hydrogen-bond acceptors (Lipinski definition) is 3. The van der Waals surface area contributed by atoms with E-state index in [0.29, 0.717) is 18.9 Å². The molecule has 2 aromatic rings. The van der Waals surface area contributed by atoms with Gasteiger partial charge in [0.25, 0.3) is 0 Å². The van der Waals surface area contributed by atoms with Gasteiger partial charge in [-0.1, -0.05) is 19.3 Å². The van der Waals surface area contributed by atoms with E-state index in [1.165, 1.54) is 38.2 Å². The van der Waals surface area contributed by atoms with Crippen molar-refractivity contribution in [1.82, 2.24) is 19.2 Å². The number of rotatable bonds is 3. The molecule has 1 saturated carbocycles. The fourth-order valence-corrected chi connectivity index (χ4v) is 4.00. The molecule has 25 heavy (non-hydrogen) atoms. The van der Waals surface area contributed by atoms with Crippen molar-refractivity contribution in [1.29, 1.82) is 0 Å². The maximum absolute atomic E-state index is 14.0. The Morgan fingerprint density at radius 2 is 1.92 bits per heavy atom. The second-order valence-electron chi connectivity index (χ2n) is 7.10. The van der Waals surface area contributed by atoms with Crippen LogP contribution in [0.1, 0.15) is 37.9 Å². The highest BCUT2D eigenvalue weighted by atomic mass is 19.1. The number of benzene rings is 1. The van der Waals surface area contributed by atoms with E-state index in [1.54, 1.807) is 4.57 Å². The molecule has 0 atom stereocenters. The minimum absolute atomic E-state index is 0.00729. The van der Waals surface area contributed by atoms with Crippen molar-refractivity contribution in [3.05, 3.63) is 46.1 Å². The van der Waals surface area contributed by atoms with Crippen molar-refractivity contribution in [3.8, 4) is 5.69 Å². The maximum atomic E-state index is 14.0. The summed E-state index contributed by atoms with van der Waals surface area (Å²) in [5.74, 6) is -0.0760. The van der Waals surface area contributed by atoms with Crippen molar-refractivity contribution in [2.24, 2.45) is 5.92 Å². The summed E-state index contributed by atoms with van der Waals surface area (Å²) in [5.41, 5.74) is -0.370. The van der Waals surface area contributed by atoms with E-state index >= 15 is 0 Å². The second-order valence-corrected chi connectivity index (χ2v) is 7.10. The molecular weight excluding hydrogens is 326 g/mol. The minimum Gasteiger partial charge on any atom is -0.294 e. The number of halogens is 2. The fraction of sp³-hybridized carbons (Fsp3) is 0.556. The molecule has 7 heteroatoms. The third kappa shape index (κ3) is 3.25. The molecule has 5 nitrogen and oxygen atoms in total. The molecule has 1 aromatic carbocycles. The molecule has 4 rings (SSSR count). The van der Waals surface area contributed by atoms with E-state index in [1.807, 2.05) is 0 Å². The third-order valence-corrected chi connectivity index (χ3v) is 5.32. The summed E-state index contributed by atoms with van der Waals surface area (Å²) in [6.45, 7) is 3.00. The van der Waals surface area contributed by atoms with E-state index in [4.69, 9.17) is 0 Å². The second kappa shape index (κ2) is 6.71. The standard InChI is InChI=1S/C18H22F2N4O/c19-14-6-7-16(15(20)10-14)24-18(25)23-9-8-22(12-17(23)21-24)11-13-4-2-1-3-5-13/h6-7,10,13H,1-5,8-9,11-12H2. The van der Waals surface area contributed by atoms with Gasteiger partial charge in [-0.2, -0.15) is 4.68 Å². The Kier molecular flexibility index (Phi) is 4.41. The average molecular weight is 348 g/mol. The van der Waals surface area contributed by atoms with Crippen LogP contribution in [0.5, 0.6) is 0 Å². The molecule has 1 fully saturated rings. The van der Waals surface area contributed by atoms with E-state index in [9.17, 15) is 13.6 Å². The molecule has 0 bridgehead atoms. The summed E-state index contributed by atoms with van der Waals surface area (Å²) >= 11 is 0. The van der Waals surface area contributed by atoms with Crippen LogP contribution < -0.4 is 5.69 Å². The smallest absolute Gasteiger partial charge is 0.294 e. The summed E-state index contributed by atoms with van der Waals surface area (Å²) in [6.07, 6.45) is 6.50. The first kappa shape index (κ1) is 16.4. The Morgan fingerprint density at radius 3 is 2.68 bits per heavy atom. The lowest BCUT2D eigenvalue weighted by Crippen LogP contribution is -2.40. The van der Waals surface area contributed by atoms with Crippen LogP contribution in [0.25, 0.3) is 5.69 Å². The molecule has 2 heterocycles. The van der Waals surface area contributed by atoms with Gasteiger partial charge in [0.15, 0.2) is 5.82 Å². The lowest BCUT2D eigenvalue weighted by atomic mass is 9.89. The SMILES string of the molecule is O=c1n(-c2ccc(F)cc2F)nc2n1CCN(CC1CCCCC1)C2. The molecule has 0 saturated heterocycles. The van der Waals surface area contributed by atoms with Crippen LogP contribution >= 0.6 is 0 Å². The van der Waals surface area contributed by atoms with Crippen molar-refractivity contribution >= 4 is 0 Å². The molecule has 0 spiro atoms. The molecule has 0 radical (unpaired) electrons. The maximum Gasteiger partial charge on any atom is 0.350 e. The first-order valence-corrected chi connectivity index (χ1v) is 8.98. The predicted molar refractivity (Wildman–Crippen MR) is 89.6 cm³/mol. The monoisotopic (exact) mass is 348 g/mol.